The molecular formula is C15H16O6. The molecule has 1 aromatic carbocycles. The van der Waals surface area contributed by atoms with Gasteiger partial charge in [-0.2, -0.15) is 0 Å². The summed E-state index contributed by atoms with van der Waals surface area (Å²) in [5, 5.41) is 28.2. The molecule has 0 bridgehead atoms. The zero-order valence-electron chi connectivity index (χ0n) is 11.4. The molecule has 0 spiro atoms. The smallest absolute Gasteiger partial charge is 0.341 e. The van der Waals surface area contributed by atoms with Gasteiger partial charge >= 0.3 is 5.97 Å². The van der Waals surface area contributed by atoms with Crippen molar-refractivity contribution in [3.05, 3.63) is 47.7 Å². The Hall–Kier alpha value is -2.15. The van der Waals surface area contributed by atoms with Crippen LogP contribution in [0.3, 0.4) is 0 Å². The van der Waals surface area contributed by atoms with Crippen LogP contribution in [0.2, 0.25) is 0 Å². The normalized spacial score (nSPS) is 13.7. The number of esters is 1. The molecule has 112 valence electrons. The number of carbonyl (C=O) groups is 1. The molecule has 2 atom stereocenters. The summed E-state index contributed by atoms with van der Waals surface area (Å²) in [6.07, 6.45) is -2.83. The second-order valence-corrected chi connectivity index (χ2v) is 4.44. The number of methoxy groups -OCH3 is 1. The standard InChI is InChI=1S/C15H16O6/c1-20-15(19)10-7-12(13(18)11(17)8-16)21-14(10)9-5-3-2-4-6-9/h2-7,11,13,16-18H,8H2,1H3. The first-order valence-corrected chi connectivity index (χ1v) is 6.33. The van der Waals surface area contributed by atoms with Crippen LogP contribution in [0.25, 0.3) is 11.3 Å². The molecule has 3 N–H and O–H groups in total. The number of rotatable bonds is 5. The van der Waals surface area contributed by atoms with Crippen LogP contribution in [0.1, 0.15) is 22.2 Å². The predicted molar refractivity (Wildman–Crippen MR) is 73.5 cm³/mol. The molecule has 0 aliphatic carbocycles. The highest BCUT2D eigenvalue weighted by Gasteiger charge is 2.26. The summed E-state index contributed by atoms with van der Waals surface area (Å²) in [5.74, 6) is -0.396. The van der Waals surface area contributed by atoms with Gasteiger partial charge in [-0.25, -0.2) is 4.79 Å². The van der Waals surface area contributed by atoms with E-state index in [1.54, 1.807) is 24.3 Å². The SMILES string of the molecule is COC(=O)c1cc(C(O)C(O)CO)oc1-c1ccccc1. The van der Waals surface area contributed by atoms with Crippen molar-refractivity contribution in [1.29, 1.82) is 0 Å². The molecule has 6 nitrogen and oxygen atoms in total. The minimum absolute atomic E-state index is 0.0178. The third-order valence-corrected chi connectivity index (χ3v) is 3.04. The van der Waals surface area contributed by atoms with Gasteiger partial charge in [-0.3, -0.25) is 0 Å². The fourth-order valence-corrected chi connectivity index (χ4v) is 1.91. The first-order chi connectivity index (χ1) is 10.1. The lowest BCUT2D eigenvalue weighted by molar-refractivity contribution is -0.0249. The zero-order valence-corrected chi connectivity index (χ0v) is 11.4. The zero-order chi connectivity index (χ0) is 15.4. The van der Waals surface area contributed by atoms with Gasteiger partial charge in [0.2, 0.25) is 0 Å². The summed E-state index contributed by atoms with van der Waals surface area (Å²) >= 11 is 0. The number of hydrogen-bond donors (Lipinski definition) is 3. The van der Waals surface area contributed by atoms with Crippen LogP contribution >= 0.6 is 0 Å². The van der Waals surface area contributed by atoms with E-state index in [2.05, 4.69) is 4.74 Å². The molecule has 2 unspecified atom stereocenters. The van der Waals surface area contributed by atoms with Gasteiger partial charge in [-0.1, -0.05) is 30.3 Å². The lowest BCUT2D eigenvalue weighted by atomic mass is 10.1. The fourth-order valence-electron chi connectivity index (χ4n) is 1.91. The van der Waals surface area contributed by atoms with Crippen LogP contribution in [0.15, 0.2) is 40.8 Å². The Kier molecular flexibility index (Phi) is 4.74. The number of ether oxygens (including phenoxy) is 1. The summed E-state index contributed by atoms with van der Waals surface area (Å²) in [6.45, 7) is -0.629. The number of aliphatic hydroxyl groups is 3. The first-order valence-electron chi connectivity index (χ1n) is 6.33. The highest BCUT2D eigenvalue weighted by molar-refractivity contribution is 5.96. The average Bonchev–Trinajstić information content (AvgIpc) is 2.98. The van der Waals surface area contributed by atoms with E-state index in [0.29, 0.717) is 5.56 Å². The molecule has 1 heterocycles. The van der Waals surface area contributed by atoms with Gasteiger partial charge < -0.3 is 24.5 Å². The Balaban J connectivity index is 2.48. The van der Waals surface area contributed by atoms with E-state index in [1.807, 2.05) is 6.07 Å². The van der Waals surface area contributed by atoms with Crippen molar-refractivity contribution < 1.29 is 29.3 Å². The van der Waals surface area contributed by atoms with Gasteiger partial charge in [-0.15, -0.1) is 0 Å². The average molecular weight is 292 g/mol. The molecular weight excluding hydrogens is 276 g/mol. The molecule has 1 aromatic heterocycles. The Labute approximate surface area is 121 Å². The second kappa shape index (κ2) is 6.53. The van der Waals surface area contributed by atoms with Crippen molar-refractivity contribution in [1.82, 2.24) is 0 Å². The summed E-state index contributed by atoms with van der Waals surface area (Å²) in [5.41, 5.74) is 0.776. The van der Waals surface area contributed by atoms with Crippen molar-refractivity contribution >= 4 is 5.97 Å². The molecule has 0 fully saturated rings. The monoisotopic (exact) mass is 292 g/mol. The molecule has 2 aromatic rings. The number of benzene rings is 1. The summed E-state index contributed by atoms with van der Waals surface area (Å²) in [4.78, 5) is 11.8. The summed E-state index contributed by atoms with van der Waals surface area (Å²) in [7, 11) is 1.24. The summed E-state index contributed by atoms with van der Waals surface area (Å²) < 4.78 is 10.2. The Morgan fingerprint density at radius 1 is 1.29 bits per heavy atom. The highest BCUT2D eigenvalue weighted by atomic mass is 16.5. The number of aliphatic hydroxyl groups excluding tert-OH is 3. The van der Waals surface area contributed by atoms with Crippen molar-refractivity contribution in [2.45, 2.75) is 12.2 Å². The van der Waals surface area contributed by atoms with Crippen LogP contribution in [0.5, 0.6) is 0 Å². The molecule has 0 saturated carbocycles. The van der Waals surface area contributed by atoms with Crippen molar-refractivity contribution in [2.24, 2.45) is 0 Å². The van der Waals surface area contributed by atoms with E-state index in [1.165, 1.54) is 13.2 Å². The number of carbonyl (C=O) groups excluding carboxylic acids is 1. The molecule has 0 aliphatic heterocycles. The third kappa shape index (κ3) is 3.13. The van der Waals surface area contributed by atoms with E-state index in [4.69, 9.17) is 9.52 Å². The molecule has 0 radical (unpaired) electrons. The van der Waals surface area contributed by atoms with Gasteiger partial charge in [0.05, 0.1) is 13.7 Å². The minimum Gasteiger partial charge on any atom is -0.465 e. The maximum absolute atomic E-state index is 11.8. The van der Waals surface area contributed by atoms with Gasteiger partial charge in [0, 0.05) is 5.56 Å². The van der Waals surface area contributed by atoms with Gasteiger partial charge in [0.25, 0.3) is 0 Å². The maximum atomic E-state index is 11.8. The molecule has 2 rings (SSSR count). The Bertz CT molecular complexity index is 604. The van der Waals surface area contributed by atoms with Crippen LogP contribution in [0, 0.1) is 0 Å². The Morgan fingerprint density at radius 3 is 2.52 bits per heavy atom. The molecule has 0 saturated heterocycles. The van der Waals surface area contributed by atoms with E-state index in [0.717, 1.165) is 0 Å². The fraction of sp³-hybridized carbons (Fsp3) is 0.267. The van der Waals surface area contributed by atoms with Crippen LogP contribution in [0.4, 0.5) is 0 Å². The van der Waals surface area contributed by atoms with E-state index < -0.39 is 24.8 Å². The van der Waals surface area contributed by atoms with Gasteiger partial charge in [0.1, 0.15) is 29.3 Å². The van der Waals surface area contributed by atoms with Crippen molar-refractivity contribution in [3.63, 3.8) is 0 Å². The lowest BCUT2D eigenvalue weighted by Crippen LogP contribution is -2.21. The predicted octanol–water partition coefficient (Wildman–Crippen LogP) is 1.12. The quantitative estimate of drug-likeness (QED) is 0.714. The topological polar surface area (TPSA) is 100 Å². The highest BCUT2D eigenvalue weighted by Crippen LogP contribution is 2.31. The molecule has 0 amide bonds. The lowest BCUT2D eigenvalue weighted by Gasteiger charge is -2.12. The van der Waals surface area contributed by atoms with E-state index in [-0.39, 0.29) is 17.1 Å². The number of hydrogen-bond acceptors (Lipinski definition) is 6. The van der Waals surface area contributed by atoms with E-state index >= 15 is 0 Å². The Morgan fingerprint density at radius 2 is 1.95 bits per heavy atom. The molecule has 21 heavy (non-hydrogen) atoms. The largest absolute Gasteiger partial charge is 0.465 e. The van der Waals surface area contributed by atoms with Crippen LogP contribution < -0.4 is 0 Å². The maximum Gasteiger partial charge on any atom is 0.341 e. The first kappa shape index (κ1) is 15.2. The van der Waals surface area contributed by atoms with Gasteiger partial charge in [0.15, 0.2) is 0 Å². The molecule has 6 heteroatoms. The minimum atomic E-state index is -1.43. The van der Waals surface area contributed by atoms with Crippen molar-refractivity contribution in [3.8, 4) is 11.3 Å². The van der Waals surface area contributed by atoms with Crippen molar-refractivity contribution in [2.75, 3.05) is 13.7 Å². The van der Waals surface area contributed by atoms with Crippen LogP contribution in [-0.4, -0.2) is 41.1 Å². The number of furan rings is 1. The van der Waals surface area contributed by atoms with Crippen LogP contribution in [-0.2, 0) is 4.74 Å². The van der Waals surface area contributed by atoms with E-state index in [9.17, 15) is 15.0 Å². The third-order valence-electron chi connectivity index (χ3n) is 3.04. The van der Waals surface area contributed by atoms with Gasteiger partial charge in [-0.05, 0) is 6.07 Å². The summed E-state index contributed by atoms with van der Waals surface area (Å²) in [6, 6.07) is 10.1. The second-order valence-electron chi connectivity index (χ2n) is 4.44. The molecule has 0 aliphatic rings.